The molecular weight excluding hydrogens is 290 g/mol. The first-order valence-electron chi connectivity index (χ1n) is 8.07. The number of benzene rings is 1. The summed E-state index contributed by atoms with van der Waals surface area (Å²) in [7, 11) is 0. The molecular formula is C17H19N5O. The van der Waals surface area contributed by atoms with Gasteiger partial charge in [0, 0.05) is 5.92 Å². The largest absolute Gasteiger partial charge is 0.317 e. The first-order chi connectivity index (χ1) is 11.3. The summed E-state index contributed by atoms with van der Waals surface area (Å²) in [6.07, 6.45) is 4.59. The molecule has 3 aromatic rings. The zero-order valence-electron chi connectivity index (χ0n) is 12.8. The lowest BCUT2D eigenvalue weighted by Crippen LogP contribution is -2.14. The first kappa shape index (κ1) is 14.1. The predicted molar refractivity (Wildman–Crippen MR) is 88.9 cm³/mol. The molecule has 0 bridgehead atoms. The Bertz CT molecular complexity index is 860. The molecule has 4 rings (SSSR count). The van der Waals surface area contributed by atoms with Crippen LogP contribution in [0.25, 0.3) is 16.7 Å². The minimum atomic E-state index is -0.107. The van der Waals surface area contributed by atoms with Gasteiger partial charge in [0.1, 0.15) is 5.39 Å². The van der Waals surface area contributed by atoms with Gasteiger partial charge in [-0.05, 0) is 44.5 Å². The van der Waals surface area contributed by atoms with E-state index in [0.717, 1.165) is 43.7 Å². The molecule has 118 valence electrons. The highest BCUT2D eigenvalue weighted by molar-refractivity contribution is 5.79. The summed E-state index contributed by atoms with van der Waals surface area (Å²) in [5.74, 6) is 0.294. The van der Waals surface area contributed by atoms with Crippen molar-refractivity contribution in [3.05, 3.63) is 52.7 Å². The third-order valence-electron chi connectivity index (χ3n) is 4.46. The van der Waals surface area contributed by atoms with Crippen LogP contribution in [0.4, 0.5) is 0 Å². The number of fused-ring (bicyclic) bond motifs is 1. The monoisotopic (exact) mass is 309 g/mol. The van der Waals surface area contributed by atoms with E-state index in [1.807, 2.05) is 30.3 Å². The summed E-state index contributed by atoms with van der Waals surface area (Å²) in [4.78, 5) is 19.5. The molecule has 6 nitrogen and oxygen atoms in total. The van der Waals surface area contributed by atoms with E-state index in [1.54, 1.807) is 4.68 Å². The second-order valence-electron chi connectivity index (χ2n) is 5.94. The number of aromatic nitrogens is 4. The lowest BCUT2D eigenvalue weighted by molar-refractivity contribution is 0.589. The van der Waals surface area contributed by atoms with Crippen LogP contribution in [-0.2, 0) is 0 Å². The van der Waals surface area contributed by atoms with Gasteiger partial charge in [-0.15, -0.1) is 0 Å². The van der Waals surface area contributed by atoms with Crippen LogP contribution in [-0.4, -0.2) is 32.8 Å². The number of para-hydroxylation sites is 1. The van der Waals surface area contributed by atoms with Gasteiger partial charge in [-0.25, -0.2) is 9.67 Å². The first-order valence-corrected chi connectivity index (χ1v) is 8.07. The van der Waals surface area contributed by atoms with Crippen LogP contribution in [0, 0.1) is 0 Å². The van der Waals surface area contributed by atoms with Crippen LogP contribution in [0.3, 0.4) is 0 Å². The number of aromatic amines is 1. The molecule has 1 atom stereocenters. The smallest absolute Gasteiger partial charge is 0.262 e. The predicted octanol–water partition coefficient (Wildman–Crippen LogP) is 1.97. The normalized spacial score (nSPS) is 18.9. The van der Waals surface area contributed by atoms with Crippen molar-refractivity contribution in [2.75, 3.05) is 13.1 Å². The maximum Gasteiger partial charge on any atom is 0.262 e. The van der Waals surface area contributed by atoms with E-state index in [2.05, 4.69) is 15.3 Å². The van der Waals surface area contributed by atoms with Crippen molar-refractivity contribution in [2.45, 2.75) is 25.2 Å². The van der Waals surface area contributed by atoms with Gasteiger partial charge in [0.25, 0.3) is 5.56 Å². The number of hydrogen-bond donors (Lipinski definition) is 2. The molecule has 0 amide bonds. The Morgan fingerprint density at radius 2 is 2.00 bits per heavy atom. The Morgan fingerprint density at radius 3 is 2.87 bits per heavy atom. The van der Waals surface area contributed by atoms with Crippen molar-refractivity contribution in [3.8, 4) is 5.69 Å². The van der Waals surface area contributed by atoms with Gasteiger partial charge >= 0.3 is 0 Å². The molecule has 3 heterocycles. The van der Waals surface area contributed by atoms with Gasteiger partial charge in [0.15, 0.2) is 5.65 Å². The van der Waals surface area contributed by atoms with Crippen LogP contribution in [0.15, 0.2) is 41.5 Å². The molecule has 1 unspecified atom stereocenters. The number of nitrogens with zero attached hydrogens (tertiary/aromatic N) is 3. The van der Waals surface area contributed by atoms with E-state index >= 15 is 0 Å². The Labute approximate surface area is 133 Å². The summed E-state index contributed by atoms with van der Waals surface area (Å²) in [6.45, 7) is 1.99. The van der Waals surface area contributed by atoms with Crippen molar-refractivity contribution in [3.63, 3.8) is 0 Å². The van der Waals surface area contributed by atoms with E-state index in [1.165, 1.54) is 6.33 Å². The maximum atomic E-state index is 12.4. The standard InChI is InChI=1S/C17H19N5O/c23-17-14-15(12-5-4-9-18-10-8-12)21-22(16(14)19-11-20-17)13-6-2-1-3-7-13/h1-3,6-7,11-12,18H,4-5,8-10H2,(H,19,20,23). The summed E-state index contributed by atoms with van der Waals surface area (Å²) in [5.41, 5.74) is 2.33. The molecule has 0 spiro atoms. The van der Waals surface area contributed by atoms with Crippen molar-refractivity contribution in [2.24, 2.45) is 0 Å². The van der Waals surface area contributed by atoms with Crippen molar-refractivity contribution in [1.82, 2.24) is 25.1 Å². The maximum absolute atomic E-state index is 12.4. The Hall–Kier alpha value is -2.47. The highest BCUT2D eigenvalue weighted by atomic mass is 16.1. The van der Waals surface area contributed by atoms with E-state index in [0.29, 0.717) is 17.0 Å². The molecule has 23 heavy (non-hydrogen) atoms. The average molecular weight is 309 g/mol. The van der Waals surface area contributed by atoms with Crippen LogP contribution in [0.1, 0.15) is 30.9 Å². The minimum absolute atomic E-state index is 0.107. The zero-order valence-corrected chi connectivity index (χ0v) is 12.8. The van der Waals surface area contributed by atoms with E-state index in [4.69, 9.17) is 5.10 Å². The van der Waals surface area contributed by atoms with Gasteiger partial charge < -0.3 is 10.3 Å². The Morgan fingerprint density at radius 1 is 1.13 bits per heavy atom. The zero-order chi connectivity index (χ0) is 15.6. The molecule has 0 radical (unpaired) electrons. The quantitative estimate of drug-likeness (QED) is 0.759. The molecule has 2 N–H and O–H groups in total. The topological polar surface area (TPSA) is 75.6 Å². The average Bonchev–Trinajstić information content (AvgIpc) is 2.78. The Balaban J connectivity index is 1.92. The number of nitrogens with one attached hydrogen (secondary N) is 2. The van der Waals surface area contributed by atoms with Crippen molar-refractivity contribution >= 4 is 11.0 Å². The summed E-state index contributed by atoms with van der Waals surface area (Å²) in [5, 5.41) is 8.83. The minimum Gasteiger partial charge on any atom is -0.317 e. The van der Waals surface area contributed by atoms with Crippen LogP contribution >= 0.6 is 0 Å². The molecule has 1 saturated heterocycles. The molecule has 6 heteroatoms. The van der Waals surface area contributed by atoms with E-state index in [9.17, 15) is 4.79 Å². The van der Waals surface area contributed by atoms with E-state index < -0.39 is 0 Å². The lowest BCUT2D eigenvalue weighted by Gasteiger charge is -2.10. The van der Waals surface area contributed by atoms with Gasteiger partial charge in [0.2, 0.25) is 0 Å². The third kappa shape index (κ3) is 2.55. The Kier molecular flexibility index (Phi) is 3.67. The second-order valence-corrected chi connectivity index (χ2v) is 5.94. The highest BCUT2D eigenvalue weighted by Gasteiger charge is 2.24. The molecule has 1 aliphatic rings. The highest BCUT2D eigenvalue weighted by Crippen LogP contribution is 2.30. The van der Waals surface area contributed by atoms with Gasteiger partial charge in [-0.2, -0.15) is 5.10 Å². The van der Waals surface area contributed by atoms with Crippen molar-refractivity contribution in [1.29, 1.82) is 0 Å². The summed E-state index contributed by atoms with van der Waals surface area (Å²) < 4.78 is 1.79. The number of H-pyrrole nitrogens is 1. The van der Waals surface area contributed by atoms with Crippen LogP contribution < -0.4 is 10.9 Å². The number of hydrogen-bond acceptors (Lipinski definition) is 4. The molecule has 2 aromatic heterocycles. The van der Waals surface area contributed by atoms with E-state index in [-0.39, 0.29) is 5.56 Å². The molecule has 1 fully saturated rings. The van der Waals surface area contributed by atoms with Crippen molar-refractivity contribution < 1.29 is 0 Å². The van der Waals surface area contributed by atoms with Crippen LogP contribution in [0.5, 0.6) is 0 Å². The fourth-order valence-electron chi connectivity index (χ4n) is 3.31. The summed E-state index contributed by atoms with van der Waals surface area (Å²) in [6, 6.07) is 9.85. The van der Waals surface area contributed by atoms with Gasteiger partial charge in [-0.1, -0.05) is 18.2 Å². The fraction of sp³-hybridized carbons (Fsp3) is 0.353. The van der Waals surface area contributed by atoms with Gasteiger partial charge in [-0.3, -0.25) is 4.79 Å². The second kappa shape index (κ2) is 5.96. The summed E-state index contributed by atoms with van der Waals surface area (Å²) >= 11 is 0. The molecule has 0 saturated carbocycles. The van der Waals surface area contributed by atoms with Gasteiger partial charge in [0.05, 0.1) is 17.7 Å². The third-order valence-corrected chi connectivity index (χ3v) is 4.46. The SMILES string of the molecule is O=c1[nH]cnc2c1c(C1CCCNCC1)nn2-c1ccccc1. The van der Waals surface area contributed by atoms with Crippen LogP contribution in [0.2, 0.25) is 0 Å². The lowest BCUT2D eigenvalue weighted by atomic mass is 9.95. The molecule has 1 aliphatic heterocycles. The molecule has 0 aliphatic carbocycles. The fourth-order valence-corrected chi connectivity index (χ4v) is 3.31. The number of rotatable bonds is 2. The molecule has 1 aromatic carbocycles.